The molecule has 25 heavy (non-hydrogen) atoms. The van der Waals surface area contributed by atoms with Crippen LogP contribution in [0, 0.1) is 17.8 Å². The van der Waals surface area contributed by atoms with Gasteiger partial charge >= 0.3 is 0 Å². The lowest BCUT2D eigenvalue weighted by Crippen LogP contribution is -2.42. The van der Waals surface area contributed by atoms with Gasteiger partial charge in [0.25, 0.3) is 0 Å². The molecule has 1 aliphatic carbocycles. The third-order valence-corrected chi connectivity index (χ3v) is 6.45. The van der Waals surface area contributed by atoms with Crippen LogP contribution in [0.4, 0.5) is 0 Å². The number of aliphatic hydroxyl groups excluding tert-OH is 1. The Bertz CT molecular complexity index is 579. The quantitative estimate of drug-likeness (QED) is 0.862. The van der Waals surface area contributed by atoms with E-state index >= 15 is 0 Å². The van der Waals surface area contributed by atoms with Crippen LogP contribution in [-0.4, -0.2) is 54.9 Å². The Morgan fingerprint density at radius 2 is 1.92 bits per heavy atom. The smallest absolute Gasteiger partial charge is 0.125 e. The van der Waals surface area contributed by atoms with Crippen LogP contribution in [0.2, 0.25) is 5.02 Å². The fourth-order valence-electron chi connectivity index (χ4n) is 4.91. The van der Waals surface area contributed by atoms with Gasteiger partial charge in [-0.2, -0.15) is 0 Å². The highest BCUT2D eigenvalue weighted by Crippen LogP contribution is 2.38. The summed E-state index contributed by atoms with van der Waals surface area (Å²) in [4.78, 5) is 2.64. The van der Waals surface area contributed by atoms with E-state index in [1.54, 1.807) is 0 Å². The average Bonchev–Trinajstić information content (AvgIpc) is 2.97. The molecule has 2 heterocycles. The second-order valence-corrected chi connectivity index (χ2v) is 8.52. The first-order valence-electron chi connectivity index (χ1n) is 9.71. The molecule has 0 unspecified atom stereocenters. The van der Waals surface area contributed by atoms with E-state index < -0.39 is 0 Å². The average molecular weight is 365 g/mol. The molecule has 2 N–H and O–H groups in total. The number of likely N-dealkylation sites (tertiary alicyclic amines) is 1. The van der Waals surface area contributed by atoms with Crippen LogP contribution in [-0.2, 0) is 0 Å². The maximum Gasteiger partial charge on any atom is 0.125 e. The van der Waals surface area contributed by atoms with E-state index in [2.05, 4.69) is 10.2 Å². The van der Waals surface area contributed by atoms with Crippen molar-refractivity contribution in [2.45, 2.75) is 37.9 Å². The van der Waals surface area contributed by atoms with E-state index in [9.17, 15) is 5.11 Å². The first-order chi connectivity index (χ1) is 12.2. The van der Waals surface area contributed by atoms with E-state index in [1.165, 1.54) is 32.5 Å². The Kier molecular flexibility index (Phi) is 5.51. The molecule has 3 fully saturated rings. The number of benzene rings is 1. The number of nitrogens with zero attached hydrogens (tertiary/aromatic N) is 1. The third-order valence-electron chi connectivity index (χ3n) is 6.22. The highest BCUT2D eigenvalue weighted by molar-refractivity contribution is 6.30. The van der Waals surface area contributed by atoms with Crippen LogP contribution in [0.5, 0.6) is 5.75 Å². The standard InChI is InChI=1S/C20H29ClN2O2/c21-17-2-1-3-18(10-17)25-20-9-16-13-23(12-15(16)8-19(20)24)11-14-4-6-22-7-5-14/h1-3,10,14-16,19-20,22,24H,4-9,11-13H2/t15-,16+,19+,20+/m0/s1. The Balaban J connectivity index is 1.33. The normalized spacial score (nSPS) is 34.0. The molecule has 0 bridgehead atoms. The number of hydrogen-bond acceptors (Lipinski definition) is 4. The SMILES string of the molecule is O[C@@H]1C[C@H]2CN(CC3CCNCC3)C[C@H]2C[C@H]1Oc1cccc(Cl)c1. The zero-order valence-corrected chi connectivity index (χ0v) is 15.5. The van der Waals surface area contributed by atoms with E-state index in [0.717, 1.165) is 37.6 Å². The number of nitrogens with one attached hydrogen (secondary N) is 1. The largest absolute Gasteiger partial charge is 0.488 e. The van der Waals surface area contributed by atoms with Crippen LogP contribution in [0.1, 0.15) is 25.7 Å². The third kappa shape index (κ3) is 4.30. The molecule has 0 spiro atoms. The second-order valence-electron chi connectivity index (χ2n) is 8.08. The van der Waals surface area contributed by atoms with Gasteiger partial charge in [-0.05, 0) is 74.7 Å². The molecule has 3 aliphatic rings. The number of piperidine rings is 1. The first kappa shape index (κ1) is 17.6. The second kappa shape index (κ2) is 7.83. The highest BCUT2D eigenvalue weighted by atomic mass is 35.5. The summed E-state index contributed by atoms with van der Waals surface area (Å²) in [5.74, 6) is 2.87. The molecule has 4 rings (SSSR count). The minimum Gasteiger partial charge on any atom is -0.488 e. The Labute approximate surface area is 155 Å². The van der Waals surface area contributed by atoms with Crippen LogP contribution in [0.25, 0.3) is 0 Å². The summed E-state index contributed by atoms with van der Waals surface area (Å²) >= 11 is 6.05. The van der Waals surface area contributed by atoms with Gasteiger partial charge in [-0.15, -0.1) is 0 Å². The molecule has 0 radical (unpaired) electrons. The number of rotatable bonds is 4. The lowest BCUT2D eigenvalue weighted by Gasteiger charge is -2.35. The van der Waals surface area contributed by atoms with Crippen molar-refractivity contribution in [2.75, 3.05) is 32.7 Å². The lowest BCUT2D eigenvalue weighted by molar-refractivity contribution is -0.0231. The molecular weight excluding hydrogens is 336 g/mol. The van der Waals surface area contributed by atoms with Crippen molar-refractivity contribution in [3.05, 3.63) is 29.3 Å². The van der Waals surface area contributed by atoms with Crippen LogP contribution < -0.4 is 10.1 Å². The lowest BCUT2D eigenvalue weighted by atomic mass is 9.78. The predicted molar refractivity (Wildman–Crippen MR) is 100 cm³/mol. The number of fused-ring (bicyclic) bond motifs is 1. The van der Waals surface area contributed by atoms with Crippen molar-refractivity contribution < 1.29 is 9.84 Å². The molecule has 138 valence electrons. The molecule has 0 aromatic heterocycles. The van der Waals surface area contributed by atoms with Gasteiger partial charge in [0.1, 0.15) is 11.9 Å². The maximum absolute atomic E-state index is 10.6. The summed E-state index contributed by atoms with van der Waals surface area (Å²) in [6, 6.07) is 7.49. The van der Waals surface area contributed by atoms with Crippen molar-refractivity contribution >= 4 is 11.6 Å². The van der Waals surface area contributed by atoms with Crippen molar-refractivity contribution in [1.29, 1.82) is 0 Å². The molecule has 1 aromatic carbocycles. The van der Waals surface area contributed by atoms with Crippen molar-refractivity contribution in [3.8, 4) is 5.75 Å². The molecular formula is C20H29ClN2O2. The molecule has 2 aliphatic heterocycles. The molecule has 4 atom stereocenters. The maximum atomic E-state index is 10.6. The summed E-state index contributed by atoms with van der Waals surface area (Å²) < 4.78 is 6.08. The summed E-state index contributed by atoms with van der Waals surface area (Å²) in [6.45, 7) is 5.87. The van der Waals surface area contributed by atoms with Gasteiger partial charge < -0.3 is 20.1 Å². The summed E-state index contributed by atoms with van der Waals surface area (Å²) in [5, 5.41) is 14.7. The molecule has 2 saturated heterocycles. The number of halogens is 1. The number of hydrogen-bond donors (Lipinski definition) is 2. The summed E-state index contributed by atoms with van der Waals surface area (Å²) in [7, 11) is 0. The predicted octanol–water partition coefficient (Wildman–Crippen LogP) is 2.79. The molecule has 1 saturated carbocycles. The van der Waals surface area contributed by atoms with Gasteiger partial charge in [0.2, 0.25) is 0 Å². The van der Waals surface area contributed by atoms with Crippen LogP contribution in [0.3, 0.4) is 0 Å². The highest BCUT2D eigenvalue weighted by Gasteiger charge is 2.42. The van der Waals surface area contributed by atoms with Gasteiger partial charge in [0.05, 0.1) is 6.10 Å². The van der Waals surface area contributed by atoms with Gasteiger partial charge in [-0.25, -0.2) is 0 Å². The van der Waals surface area contributed by atoms with Crippen molar-refractivity contribution in [3.63, 3.8) is 0 Å². The molecule has 4 nitrogen and oxygen atoms in total. The Morgan fingerprint density at radius 3 is 2.68 bits per heavy atom. The van der Waals surface area contributed by atoms with E-state index in [0.29, 0.717) is 16.9 Å². The minimum absolute atomic E-state index is 0.112. The van der Waals surface area contributed by atoms with Crippen LogP contribution in [0.15, 0.2) is 24.3 Å². The minimum atomic E-state index is -0.376. The topological polar surface area (TPSA) is 44.7 Å². The molecule has 5 heteroatoms. The number of aliphatic hydroxyl groups is 1. The molecule has 0 amide bonds. The molecule has 1 aromatic rings. The van der Waals surface area contributed by atoms with Gasteiger partial charge in [-0.1, -0.05) is 17.7 Å². The van der Waals surface area contributed by atoms with Crippen molar-refractivity contribution in [1.82, 2.24) is 10.2 Å². The first-order valence-corrected chi connectivity index (χ1v) is 10.1. The van der Waals surface area contributed by atoms with Crippen LogP contribution >= 0.6 is 11.6 Å². The number of ether oxygens (including phenoxy) is 1. The van der Waals surface area contributed by atoms with E-state index in [4.69, 9.17) is 16.3 Å². The Morgan fingerprint density at radius 1 is 1.16 bits per heavy atom. The monoisotopic (exact) mass is 364 g/mol. The zero-order valence-electron chi connectivity index (χ0n) is 14.7. The fourth-order valence-corrected chi connectivity index (χ4v) is 5.09. The summed E-state index contributed by atoms with van der Waals surface area (Å²) in [6.07, 6.45) is 3.92. The summed E-state index contributed by atoms with van der Waals surface area (Å²) in [5.41, 5.74) is 0. The fraction of sp³-hybridized carbons (Fsp3) is 0.700. The van der Waals surface area contributed by atoms with Gasteiger partial charge in [0, 0.05) is 24.7 Å². The van der Waals surface area contributed by atoms with Gasteiger partial charge in [0.15, 0.2) is 0 Å². The van der Waals surface area contributed by atoms with E-state index in [-0.39, 0.29) is 12.2 Å². The Hall–Kier alpha value is -0.810. The zero-order chi connectivity index (χ0) is 17.2. The van der Waals surface area contributed by atoms with E-state index in [1.807, 2.05) is 24.3 Å². The van der Waals surface area contributed by atoms with Crippen molar-refractivity contribution in [2.24, 2.45) is 17.8 Å². The van der Waals surface area contributed by atoms with Gasteiger partial charge in [-0.3, -0.25) is 0 Å².